The molecule has 1 aliphatic rings. The van der Waals surface area contributed by atoms with E-state index in [-0.39, 0.29) is 73.9 Å². The maximum atomic E-state index is 14.4. The lowest BCUT2D eigenvalue weighted by Crippen LogP contribution is -2.49. The van der Waals surface area contributed by atoms with Crippen LogP contribution in [0.15, 0.2) is 60.8 Å². The number of benzene rings is 3. The molecule has 20 heteroatoms. The van der Waals surface area contributed by atoms with Crippen LogP contribution >= 0.6 is 0 Å². The van der Waals surface area contributed by atoms with Crippen LogP contribution in [0.3, 0.4) is 0 Å². The van der Waals surface area contributed by atoms with Crippen molar-refractivity contribution in [2.75, 3.05) is 47.0 Å². The Hall–Kier alpha value is -6.71. The highest BCUT2D eigenvalue weighted by molar-refractivity contribution is 5.98. The van der Waals surface area contributed by atoms with E-state index in [1.54, 1.807) is 51.2 Å². The van der Waals surface area contributed by atoms with Crippen molar-refractivity contribution in [3.8, 4) is 39.8 Å². The Morgan fingerprint density at radius 2 is 1.55 bits per heavy atom. The molecule has 0 spiro atoms. The van der Waals surface area contributed by atoms with Crippen molar-refractivity contribution in [3.05, 3.63) is 88.7 Å². The molecule has 372 valence electrons. The second kappa shape index (κ2) is 24.0. The Morgan fingerprint density at radius 1 is 0.899 bits per heavy atom. The highest BCUT2D eigenvalue weighted by Crippen LogP contribution is 2.48. The molecular formula is C49H65N9O11. The zero-order valence-electron chi connectivity index (χ0n) is 39.9. The zero-order chi connectivity index (χ0) is 50.6. The lowest BCUT2D eigenvalue weighted by atomic mass is 9.94. The van der Waals surface area contributed by atoms with Crippen molar-refractivity contribution in [1.29, 1.82) is 0 Å². The molecule has 1 saturated carbocycles. The molecule has 4 amide bonds. The van der Waals surface area contributed by atoms with Gasteiger partial charge in [-0.25, -0.2) is 14.8 Å². The first kappa shape index (κ1) is 53.2. The molecule has 1 aliphatic carbocycles. The van der Waals surface area contributed by atoms with E-state index in [9.17, 15) is 39.3 Å². The summed E-state index contributed by atoms with van der Waals surface area (Å²) in [7, 11) is 2.96. The van der Waals surface area contributed by atoms with E-state index in [4.69, 9.17) is 31.4 Å². The number of likely N-dealkylation sites (N-methyl/N-ethyl adjacent to an activating group) is 1. The Kier molecular flexibility index (Phi) is 18.5. The summed E-state index contributed by atoms with van der Waals surface area (Å²) in [6.45, 7) is 6.46. The molecule has 5 rings (SSSR count). The van der Waals surface area contributed by atoms with E-state index in [1.807, 2.05) is 12.1 Å². The number of hydrogen-bond acceptors (Lipinski definition) is 15. The Morgan fingerprint density at radius 3 is 2.12 bits per heavy atom. The summed E-state index contributed by atoms with van der Waals surface area (Å²) in [6.07, 6.45) is 1.84. The van der Waals surface area contributed by atoms with E-state index < -0.39 is 60.1 Å². The monoisotopic (exact) mass is 955 g/mol. The highest BCUT2D eigenvalue weighted by Gasteiger charge is 2.39. The van der Waals surface area contributed by atoms with Crippen LogP contribution in [-0.4, -0.2) is 138 Å². The molecule has 1 fully saturated rings. The van der Waals surface area contributed by atoms with Gasteiger partial charge in [0, 0.05) is 49.4 Å². The minimum Gasteiger partial charge on any atom is -0.492 e. The lowest BCUT2D eigenvalue weighted by molar-refractivity contribution is -0.142. The van der Waals surface area contributed by atoms with Gasteiger partial charge in [-0.2, -0.15) is 0 Å². The third-order valence-electron chi connectivity index (χ3n) is 12.3. The number of carbonyl (C=O) groups excluding carboxylic acids is 4. The summed E-state index contributed by atoms with van der Waals surface area (Å²) in [5.74, 6) is -2.13. The number of carboxylic acid groups (broad SMARTS) is 1. The molecule has 1 aromatic heterocycles. The molecule has 0 bridgehead atoms. The number of ether oxygens (including phenoxy) is 3. The van der Waals surface area contributed by atoms with Crippen molar-refractivity contribution in [1.82, 2.24) is 30.8 Å². The molecule has 69 heavy (non-hydrogen) atoms. The van der Waals surface area contributed by atoms with Gasteiger partial charge in [0.2, 0.25) is 18.2 Å². The van der Waals surface area contributed by atoms with Crippen LogP contribution in [0.1, 0.15) is 78.8 Å². The molecule has 0 radical (unpaired) electrons. The fraction of sp³-hybridized carbons (Fsp3) is 0.449. The van der Waals surface area contributed by atoms with Crippen LogP contribution < -0.4 is 47.4 Å². The molecule has 6 atom stereocenters. The Labute approximate surface area is 401 Å². The molecule has 4 aromatic rings. The SMILES string of the molecule is COc1c(OC[C@H](O)CN)cc([C@@H](C)N(C)C(=O)[C@H](CCN)NC(=O)c2cnc(-c3ccc(C4(C)CC4)cc3)nc2C)cc1-c1cc(C[C@H](NC(=O)[C@H](C)NC=O)C(=O)O)ccc1OC[C@H](O)CN. The first-order valence-corrected chi connectivity index (χ1v) is 22.7. The third-order valence-corrected chi connectivity index (χ3v) is 12.3. The van der Waals surface area contributed by atoms with Gasteiger partial charge in [-0.15, -0.1) is 0 Å². The lowest BCUT2D eigenvalue weighted by Gasteiger charge is -2.31. The number of aromatic nitrogens is 2. The minimum absolute atomic E-state index is 0.0650. The number of nitrogens with one attached hydrogen (secondary N) is 3. The smallest absolute Gasteiger partial charge is 0.326 e. The Balaban J connectivity index is 1.49. The maximum Gasteiger partial charge on any atom is 0.326 e. The van der Waals surface area contributed by atoms with Gasteiger partial charge in [-0.05, 0) is 92.9 Å². The van der Waals surface area contributed by atoms with Gasteiger partial charge in [0.1, 0.15) is 49.3 Å². The molecule has 3 aromatic carbocycles. The van der Waals surface area contributed by atoms with Crippen molar-refractivity contribution < 1.29 is 53.5 Å². The van der Waals surface area contributed by atoms with Crippen molar-refractivity contribution in [3.63, 3.8) is 0 Å². The molecule has 0 saturated heterocycles. The summed E-state index contributed by atoms with van der Waals surface area (Å²) in [6, 6.07) is 12.0. The van der Waals surface area contributed by atoms with E-state index in [2.05, 4.69) is 45.0 Å². The van der Waals surface area contributed by atoms with E-state index >= 15 is 0 Å². The molecule has 12 N–H and O–H groups in total. The fourth-order valence-corrected chi connectivity index (χ4v) is 7.49. The van der Waals surface area contributed by atoms with Crippen LogP contribution in [0.4, 0.5) is 0 Å². The largest absolute Gasteiger partial charge is 0.492 e. The van der Waals surface area contributed by atoms with Gasteiger partial charge >= 0.3 is 5.97 Å². The zero-order valence-corrected chi connectivity index (χ0v) is 39.9. The summed E-state index contributed by atoms with van der Waals surface area (Å²) in [5.41, 5.74) is 21.8. The first-order valence-electron chi connectivity index (χ1n) is 22.7. The number of carbonyl (C=O) groups is 5. The van der Waals surface area contributed by atoms with E-state index in [0.29, 0.717) is 40.2 Å². The van der Waals surface area contributed by atoms with Crippen LogP contribution in [-0.2, 0) is 31.0 Å². The number of nitrogens with zero attached hydrogens (tertiary/aromatic N) is 3. The average Bonchev–Trinajstić information content (AvgIpc) is 4.11. The number of aliphatic hydroxyl groups excluding tert-OH is 2. The molecule has 0 aliphatic heterocycles. The number of aliphatic carboxylic acids is 1. The quantitative estimate of drug-likeness (QED) is 0.0403. The predicted molar refractivity (Wildman–Crippen MR) is 256 cm³/mol. The van der Waals surface area contributed by atoms with Crippen molar-refractivity contribution in [2.45, 2.75) is 95.2 Å². The summed E-state index contributed by atoms with van der Waals surface area (Å²) < 4.78 is 18.1. The van der Waals surface area contributed by atoms with E-state index in [1.165, 1.54) is 30.7 Å². The number of methoxy groups -OCH3 is 1. The normalized spacial score (nSPS) is 15.3. The number of aliphatic hydroxyl groups is 2. The van der Waals surface area contributed by atoms with Crippen LogP contribution in [0.25, 0.3) is 22.5 Å². The van der Waals surface area contributed by atoms with E-state index in [0.717, 1.165) is 18.4 Å². The molecule has 0 unspecified atom stereocenters. The predicted octanol–water partition coefficient (Wildman–Crippen LogP) is 1.49. The first-order chi connectivity index (χ1) is 32.9. The molecule has 20 nitrogen and oxygen atoms in total. The van der Waals surface area contributed by atoms with Gasteiger partial charge in [0.25, 0.3) is 5.91 Å². The highest BCUT2D eigenvalue weighted by atomic mass is 16.5. The topological polar surface area (TPSA) is 317 Å². The van der Waals surface area contributed by atoms with Gasteiger partial charge in [0.15, 0.2) is 17.3 Å². The maximum absolute atomic E-state index is 14.4. The average molecular weight is 956 g/mol. The summed E-state index contributed by atoms with van der Waals surface area (Å²) in [4.78, 5) is 74.9. The second-order valence-electron chi connectivity index (χ2n) is 17.5. The van der Waals surface area contributed by atoms with Crippen LogP contribution in [0.5, 0.6) is 17.2 Å². The fourth-order valence-electron chi connectivity index (χ4n) is 7.49. The van der Waals surface area contributed by atoms with Crippen LogP contribution in [0, 0.1) is 6.92 Å². The van der Waals surface area contributed by atoms with Gasteiger partial charge in [0.05, 0.1) is 24.4 Å². The molecular weight excluding hydrogens is 891 g/mol. The number of aryl methyl sites for hydroxylation is 1. The van der Waals surface area contributed by atoms with Crippen molar-refractivity contribution in [2.24, 2.45) is 17.2 Å². The second-order valence-corrected chi connectivity index (χ2v) is 17.5. The molecule has 1 heterocycles. The third kappa shape index (κ3) is 13.5. The summed E-state index contributed by atoms with van der Waals surface area (Å²) >= 11 is 0. The number of carboxylic acids is 1. The van der Waals surface area contributed by atoms with Gasteiger partial charge in [-0.1, -0.05) is 37.3 Å². The van der Waals surface area contributed by atoms with Crippen molar-refractivity contribution >= 4 is 30.1 Å². The van der Waals surface area contributed by atoms with Gasteiger partial charge < -0.3 is 67.6 Å². The Bertz CT molecular complexity index is 2450. The number of amides is 4. The minimum atomic E-state index is -1.42. The van der Waals surface area contributed by atoms with Crippen LogP contribution in [0.2, 0.25) is 0 Å². The standard InChI is InChI=1S/C49H65N9O11/c1-27-38(23-53-44(55-27)31-8-10-33(11-9-31)49(4)14-15-49)46(63)56-39(13-16-50)47(64)58(5)29(3)32-19-37(43(67-6)42(20-32)69-25-35(61)22-52)36-17-30(7-12-41(36)68-24-34(60)21-51)18-40(48(65)66)57-45(62)28(2)54-26-59/h7-12,17,19-20,23,26,28-29,34-35,39-40,60-61H,13-16,18,21-22,24-25,50-52H2,1-6H3,(H,54,59)(H,56,63)(H,57,62)(H,65,66)/t28-,29+,34+,35+,39-,40-/m0/s1. The summed E-state index contributed by atoms with van der Waals surface area (Å²) in [5, 5.41) is 38.5. The number of nitrogens with two attached hydrogens (primary N) is 3. The van der Waals surface area contributed by atoms with Gasteiger partial charge in [-0.3, -0.25) is 19.2 Å². The number of hydrogen-bond donors (Lipinski definition) is 9. The number of rotatable bonds is 26.